The van der Waals surface area contributed by atoms with Gasteiger partial charge in [-0.2, -0.15) is 0 Å². The van der Waals surface area contributed by atoms with Gasteiger partial charge in [-0.1, -0.05) is 0 Å². The Hall–Kier alpha value is -2.26. The molecule has 2 heterocycles. The van der Waals surface area contributed by atoms with E-state index in [0.717, 1.165) is 19.4 Å². The molecule has 1 saturated carbocycles. The van der Waals surface area contributed by atoms with Crippen molar-refractivity contribution >= 4 is 23.0 Å². The van der Waals surface area contributed by atoms with Crippen molar-refractivity contribution in [2.75, 3.05) is 39.6 Å². The van der Waals surface area contributed by atoms with Gasteiger partial charge in [0.1, 0.15) is 11.8 Å². The van der Waals surface area contributed by atoms with Gasteiger partial charge in [-0.3, -0.25) is 4.79 Å². The fourth-order valence-corrected chi connectivity index (χ4v) is 3.47. The molecule has 142 valence electrons. The van der Waals surface area contributed by atoms with Gasteiger partial charge >= 0.3 is 5.97 Å². The van der Waals surface area contributed by atoms with E-state index in [1.807, 2.05) is 23.6 Å². The Kier molecular flexibility index (Phi) is 5.67. The summed E-state index contributed by atoms with van der Waals surface area (Å²) in [5.74, 6) is 0.282. The maximum atomic E-state index is 12.0. The van der Waals surface area contributed by atoms with Gasteiger partial charge < -0.3 is 25.0 Å². The number of nitrogen functional groups attached to an aromatic ring is 1. The molecule has 3 N–H and O–H groups in total. The van der Waals surface area contributed by atoms with Crippen LogP contribution in [0.2, 0.25) is 0 Å². The number of hydrogen-bond acceptors (Lipinski definition) is 8. The molecule has 9 heteroatoms. The van der Waals surface area contributed by atoms with Crippen molar-refractivity contribution in [2.45, 2.75) is 25.3 Å². The second-order valence-electron chi connectivity index (χ2n) is 7.08. The summed E-state index contributed by atoms with van der Waals surface area (Å²) in [4.78, 5) is 26.5. The van der Waals surface area contributed by atoms with Gasteiger partial charge in [0.05, 0.1) is 12.9 Å². The summed E-state index contributed by atoms with van der Waals surface area (Å²) in [7, 11) is 3.95. The molecule has 0 unspecified atom stereocenters. The predicted molar refractivity (Wildman–Crippen MR) is 96.2 cm³/mol. The summed E-state index contributed by atoms with van der Waals surface area (Å²) in [5.41, 5.74) is 7.08. The van der Waals surface area contributed by atoms with Crippen molar-refractivity contribution < 1.29 is 14.6 Å². The van der Waals surface area contributed by atoms with Gasteiger partial charge in [0.2, 0.25) is 0 Å². The molecule has 9 nitrogen and oxygen atoms in total. The Bertz CT molecular complexity index is 762. The number of fused-ring (bicyclic) bond motifs is 1. The highest BCUT2D eigenvalue weighted by atomic mass is 16.5. The van der Waals surface area contributed by atoms with Crippen molar-refractivity contribution in [3.63, 3.8) is 0 Å². The third-order valence-electron chi connectivity index (χ3n) is 5.05. The fourth-order valence-electron chi connectivity index (χ4n) is 3.47. The van der Waals surface area contributed by atoms with Crippen molar-refractivity contribution in [2.24, 2.45) is 11.8 Å². The van der Waals surface area contributed by atoms with E-state index in [0.29, 0.717) is 23.4 Å². The minimum Gasteiger partial charge on any atom is -0.465 e. The number of ether oxygens (including phenoxy) is 1. The molecule has 0 amide bonds. The molecule has 1 fully saturated rings. The van der Waals surface area contributed by atoms with Crippen LogP contribution in [0.5, 0.6) is 0 Å². The lowest BCUT2D eigenvalue weighted by Crippen LogP contribution is -2.43. The number of aliphatic hydroxyl groups excluding tert-OH is 1. The standard InChI is InChI=1S/C17H26N6O3/c1-22(2)5-3-4-14(25)26-8-12-11(7-24)6-13(12)23-10-21-15-16(18)19-9-20-17(15)23/h9-13,24H,3-8H2,1-2H3,(H2,18,19,20)/t11-,12+,13-/m1/s1. The van der Waals surface area contributed by atoms with Crippen LogP contribution in [0.3, 0.4) is 0 Å². The number of esters is 1. The lowest BCUT2D eigenvalue weighted by atomic mass is 9.70. The summed E-state index contributed by atoms with van der Waals surface area (Å²) in [6.45, 7) is 1.21. The minimum absolute atomic E-state index is 0.0337. The monoisotopic (exact) mass is 362 g/mol. The number of carbonyl (C=O) groups excluding carboxylic acids is 1. The van der Waals surface area contributed by atoms with E-state index in [1.54, 1.807) is 6.33 Å². The molecule has 1 aliphatic carbocycles. The van der Waals surface area contributed by atoms with Crippen molar-refractivity contribution in [1.29, 1.82) is 0 Å². The van der Waals surface area contributed by atoms with E-state index in [-0.39, 0.29) is 37.1 Å². The van der Waals surface area contributed by atoms with Crippen LogP contribution < -0.4 is 5.73 Å². The first-order valence-corrected chi connectivity index (χ1v) is 8.85. The third kappa shape index (κ3) is 3.78. The number of nitrogens with two attached hydrogens (primary N) is 1. The Balaban J connectivity index is 1.63. The van der Waals surface area contributed by atoms with Crippen molar-refractivity contribution in [1.82, 2.24) is 24.4 Å². The Morgan fingerprint density at radius 1 is 1.42 bits per heavy atom. The van der Waals surface area contributed by atoms with E-state index >= 15 is 0 Å². The van der Waals surface area contributed by atoms with Gasteiger partial charge in [-0.15, -0.1) is 0 Å². The quantitative estimate of drug-likeness (QED) is 0.650. The molecule has 26 heavy (non-hydrogen) atoms. The van der Waals surface area contributed by atoms with Crippen LogP contribution in [0.4, 0.5) is 5.82 Å². The van der Waals surface area contributed by atoms with Crippen molar-refractivity contribution in [3.8, 4) is 0 Å². The molecule has 0 saturated heterocycles. The maximum absolute atomic E-state index is 12.0. The largest absolute Gasteiger partial charge is 0.465 e. The first-order valence-electron chi connectivity index (χ1n) is 8.85. The molecule has 0 spiro atoms. The van der Waals surface area contributed by atoms with E-state index in [4.69, 9.17) is 10.5 Å². The molecular weight excluding hydrogens is 336 g/mol. The van der Waals surface area contributed by atoms with Gasteiger partial charge in [0.25, 0.3) is 0 Å². The average molecular weight is 362 g/mol. The molecule has 2 aromatic heterocycles. The minimum atomic E-state index is -0.198. The predicted octanol–water partition coefficient (Wildman–Crippen LogP) is 0.463. The number of aromatic nitrogens is 4. The maximum Gasteiger partial charge on any atom is 0.305 e. The zero-order valence-corrected chi connectivity index (χ0v) is 15.2. The number of hydrogen-bond donors (Lipinski definition) is 2. The molecule has 2 aromatic rings. The summed E-state index contributed by atoms with van der Waals surface area (Å²) in [6.07, 6.45) is 5.06. The van der Waals surface area contributed by atoms with Crippen LogP contribution in [-0.4, -0.2) is 69.3 Å². The zero-order valence-electron chi connectivity index (χ0n) is 15.2. The second kappa shape index (κ2) is 7.96. The molecule has 0 bridgehead atoms. The third-order valence-corrected chi connectivity index (χ3v) is 5.05. The van der Waals surface area contributed by atoms with Crippen molar-refractivity contribution in [3.05, 3.63) is 12.7 Å². The number of carbonyl (C=O) groups is 1. The van der Waals surface area contributed by atoms with Crippen LogP contribution in [0.25, 0.3) is 11.2 Å². The Labute approximate surface area is 152 Å². The molecule has 0 radical (unpaired) electrons. The normalized spacial score (nSPS) is 22.5. The number of nitrogens with zero attached hydrogens (tertiary/aromatic N) is 5. The van der Waals surface area contributed by atoms with Gasteiger partial charge in [-0.25, -0.2) is 15.0 Å². The van der Waals surface area contributed by atoms with E-state index in [9.17, 15) is 9.90 Å². The number of rotatable bonds is 8. The molecule has 3 rings (SSSR count). The number of anilines is 1. The van der Waals surface area contributed by atoms with Gasteiger partial charge in [-0.05, 0) is 39.4 Å². The zero-order chi connectivity index (χ0) is 18.7. The van der Waals surface area contributed by atoms with Crippen LogP contribution in [0.15, 0.2) is 12.7 Å². The fraction of sp³-hybridized carbons (Fsp3) is 0.647. The number of aliphatic hydroxyl groups is 1. The molecule has 3 atom stereocenters. The summed E-state index contributed by atoms with van der Waals surface area (Å²) in [5, 5.41) is 9.58. The van der Waals surface area contributed by atoms with Gasteiger partial charge in [0, 0.05) is 25.0 Å². The SMILES string of the molecule is CN(C)CCCC(=O)OC[C@H]1[C@@H](CO)C[C@H]1n1cnc2c(N)ncnc21. The highest BCUT2D eigenvalue weighted by Gasteiger charge is 2.43. The van der Waals surface area contributed by atoms with E-state index < -0.39 is 0 Å². The summed E-state index contributed by atoms with van der Waals surface area (Å²) < 4.78 is 7.41. The first-order chi connectivity index (χ1) is 12.5. The second-order valence-corrected chi connectivity index (χ2v) is 7.08. The van der Waals surface area contributed by atoms with Crippen LogP contribution >= 0.6 is 0 Å². The Morgan fingerprint density at radius 2 is 2.23 bits per heavy atom. The van der Waals surface area contributed by atoms with Crippen LogP contribution in [-0.2, 0) is 9.53 Å². The lowest BCUT2D eigenvalue weighted by Gasteiger charge is -2.44. The van der Waals surface area contributed by atoms with Crippen LogP contribution in [0.1, 0.15) is 25.3 Å². The molecule has 1 aliphatic rings. The molecule has 0 aromatic carbocycles. The topological polar surface area (TPSA) is 119 Å². The summed E-state index contributed by atoms with van der Waals surface area (Å²) in [6, 6.07) is 0.0704. The van der Waals surface area contributed by atoms with E-state index in [2.05, 4.69) is 15.0 Å². The number of imidazole rings is 1. The highest BCUT2D eigenvalue weighted by molar-refractivity contribution is 5.81. The van der Waals surface area contributed by atoms with Crippen LogP contribution in [0, 0.1) is 11.8 Å². The van der Waals surface area contributed by atoms with Gasteiger partial charge in [0.15, 0.2) is 11.5 Å². The Morgan fingerprint density at radius 3 is 2.96 bits per heavy atom. The van der Waals surface area contributed by atoms with E-state index in [1.165, 1.54) is 6.33 Å². The highest BCUT2D eigenvalue weighted by Crippen LogP contribution is 2.45. The summed E-state index contributed by atoms with van der Waals surface area (Å²) >= 11 is 0. The average Bonchev–Trinajstić information content (AvgIpc) is 2.99. The smallest absolute Gasteiger partial charge is 0.305 e. The molecular formula is C17H26N6O3. The lowest BCUT2D eigenvalue weighted by molar-refractivity contribution is -0.149. The molecule has 0 aliphatic heterocycles. The first kappa shape index (κ1) is 18.5.